The number of benzene rings is 2. The highest BCUT2D eigenvalue weighted by Gasteiger charge is 2.14. The molecule has 27 heavy (non-hydrogen) atoms. The maximum absolute atomic E-state index is 12.5. The minimum Gasteiger partial charge on any atom is -0.350 e. The molecule has 0 radical (unpaired) electrons. The molecule has 0 bridgehead atoms. The van der Waals surface area contributed by atoms with Crippen LogP contribution in [-0.2, 0) is 11.3 Å². The van der Waals surface area contributed by atoms with E-state index in [1.807, 2.05) is 54.8 Å². The summed E-state index contributed by atoms with van der Waals surface area (Å²) in [5, 5.41) is 10.2. The Hall–Kier alpha value is -2.73. The second kappa shape index (κ2) is 8.31. The van der Waals surface area contributed by atoms with Gasteiger partial charge in [0.15, 0.2) is 10.6 Å². The third-order valence-corrected chi connectivity index (χ3v) is 4.94. The molecule has 0 aliphatic carbocycles. The van der Waals surface area contributed by atoms with E-state index in [4.69, 9.17) is 12.2 Å². The van der Waals surface area contributed by atoms with Gasteiger partial charge in [-0.15, -0.1) is 0 Å². The first-order valence-electron chi connectivity index (χ1n) is 9.03. The maximum atomic E-state index is 12.5. The van der Waals surface area contributed by atoms with Gasteiger partial charge in [0.05, 0.1) is 6.04 Å². The Morgan fingerprint density at radius 2 is 2.00 bits per heavy atom. The van der Waals surface area contributed by atoms with Gasteiger partial charge in [0.2, 0.25) is 5.91 Å². The molecule has 1 heterocycles. The molecule has 0 unspecified atom stereocenters. The topological polar surface area (TPSA) is 62.7 Å². The van der Waals surface area contributed by atoms with Gasteiger partial charge in [-0.05, 0) is 50.2 Å². The van der Waals surface area contributed by atoms with Crippen LogP contribution in [0.5, 0.6) is 0 Å². The Balaban J connectivity index is 1.69. The average molecular weight is 381 g/mol. The van der Waals surface area contributed by atoms with Gasteiger partial charge in [0.1, 0.15) is 0 Å². The molecule has 2 aromatic carbocycles. The molecule has 5 nitrogen and oxygen atoms in total. The van der Waals surface area contributed by atoms with Gasteiger partial charge < -0.3 is 5.32 Å². The predicted octanol–water partition coefficient (Wildman–Crippen LogP) is 4.49. The Labute approximate surface area is 164 Å². The highest BCUT2D eigenvalue weighted by Crippen LogP contribution is 2.19. The highest BCUT2D eigenvalue weighted by atomic mass is 32.1. The van der Waals surface area contributed by atoms with Crippen LogP contribution in [0.4, 0.5) is 0 Å². The zero-order valence-corrected chi connectivity index (χ0v) is 16.6. The molecule has 0 fully saturated rings. The van der Waals surface area contributed by atoms with Gasteiger partial charge in [-0.1, -0.05) is 48.0 Å². The molecule has 0 saturated carbocycles. The standard InChI is InChI=1S/C21H24N4OS/c1-14-7-6-9-17(13-14)20-23-24-21(27)25(20)12-11-19(26)22-16(3)18-10-5-4-8-15(18)2/h4-10,13,16H,11-12H2,1-3H3,(H,22,26)(H,24,27)/t16-/m0/s1. The van der Waals surface area contributed by atoms with Crippen molar-refractivity contribution in [3.05, 3.63) is 70.0 Å². The zero-order valence-electron chi connectivity index (χ0n) is 15.8. The van der Waals surface area contributed by atoms with Crippen molar-refractivity contribution in [3.8, 4) is 11.4 Å². The third kappa shape index (κ3) is 4.52. The number of amides is 1. The van der Waals surface area contributed by atoms with Crippen LogP contribution in [0.25, 0.3) is 11.4 Å². The Kier molecular flexibility index (Phi) is 5.86. The van der Waals surface area contributed by atoms with E-state index in [0.29, 0.717) is 17.7 Å². The summed E-state index contributed by atoms with van der Waals surface area (Å²) in [6.07, 6.45) is 0.336. The first kappa shape index (κ1) is 19.0. The van der Waals surface area contributed by atoms with E-state index in [9.17, 15) is 4.79 Å². The van der Waals surface area contributed by atoms with Gasteiger partial charge in [-0.3, -0.25) is 14.5 Å². The van der Waals surface area contributed by atoms with Crippen molar-refractivity contribution in [2.24, 2.45) is 0 Å². The first-order chi connectivity index (χ1) is 13.0. The lowest BCUT2D eigenvalue weighted by atomic mass is 10.0. The van der Waals surface area contributed by atoms with Crippen LogP contribution in [0.1, 0.15) is 36.1 Å². The number of H-pyrrole nitrogens is 1. The van der Waals surface area contributed by atoms with Crippen LogP contribution < -0.4 is 5.32 Å². The van der Waals surface area contributed by atoms with E-state index < -0.39 is 0 Å². The van der Waals surface area contributed by atoms with Crippen molar-refractivity contribution in [1.29, 1.82) is 0 Å². The van der Waals surface area contributed by atoms with Crippen LogP contribution in [0, 0.1) is 18.6 Å². The molecule has 140 valence electrons. The molecule has 1 amide bonds. The van der Waals surface area contributed by atoms with Crippen LogP contribution in [0.2, 0.25) is 0 Å². The molecule has 3 aromatic rings. The third-order valence-electron chi connectivity index (χ3n) is 4.63. The molecule has 0 aliphatic heterocycles. The van der Waals surface area contributed by atoms with Gasteiger partial charge in [0.25, 0.3) is 0 Å². The number of nitrogens with zero attached hydrogens (tertiary/aromatic N) is 2. The number of rotatable bonds is 6. The number of hydrogen-bond donors (Lipinski definition) is 2. The lowest BCUT2D eigenvalue weighted by Gasteiger charge is -2.17. The smallest absolute Gasteiger partial charge is 0.222 e. The summed E-state index contributed by atoms with van der Waals surface area (Å²) in [7, 11) is 0. The second-order valence-corrected chi connectivity index (χ2v) is 7.16. The van der Waals surface area contributed by atoms with Crippen molar-refractivity contribution < 1.29 is 4.79 Å². The summed E-state index contributed by atoms with van der Waals surface area (Å²) < 4.78 is 2.40. The number of carbonyl (C=O) groups is 1. The van der Waals surface area contributed by atoms with E-state index in [-0.39, 0.29) is 11.9 Å². The lowest BCUT2D eigenvalue weighted by molar-refractivity contribution is -0.121. The summed E-state index contributed by atoms with van der Waals surface area (Å²) in [5.41, 5.74) is 4.43. The van der Waals surface area contributed by atoms with Gasteiger partial charge in [-0.2, -0.15) is 5.10 Å². The molecule has 1 aromatic heterocycles. The maximum Gasteiger partial charge on any atom is 0.222 e. The van der Waals surface area contributed by atoms with Crippen LogP contribution >= 0.6 is 12.2 Å². The lowest BCUT2D eigenvalue weighted by Crippen LogP contribution is -2.28. The molecule has 0 saturated heterocycles. The first-order valence-corrected chi connectivity index (χ1v) is 9.43. The largest absolute Gasteiger partial charge is 0.350 e. The predicted molar refractivity (Wildman–Crippen MR) is 110 cm³/mol. The molecule has 0 spiro atoms. The number of hydrogen-bond acceptors (Lipinski definition) is 3. The highest BCUT2D eigenvalue weighted by molar-refractivity contribution is 7.71. The molecule has 1 atom stereocenters. The van der Waals surface area contributed by atoms with E-state index >= 15 is 0 Å². The van der Waals surface area contributed by atoms with Gasteiger partial charge in [0, 0.05) is 18.5 Å². The minimum absolute atomic E-state index is 0.0101. The van der Waals surface area contributed by atoms with E-state index in [2.05, 4.69) is 34.6 Å². The van der Waals surface area contributed by atoms with Crippen LogP contribution in [0.3, 0.4) is 0 Å². The number of aromatic nitrogens is 3. The SMILES string of the molecule is Cc1cccc(-c2n[nH]c(=S)n2CCC(=O)N[C@@H](C)c2ccccc2C)c1. The monoisotopic (exact) mass is 380 g/mol. The minimum atomic E-state index is -0.0349. The van der Waals surface area contributed by atoms with E-state index in [0.717, 1.165) is 22.5 Å². The number of nitrogens with one attached hydrogen (secondary N) is 2. The fourth-order valence-electron chi connectivity index (χ4n) is 3.21. The molecular formula is C21H24N4OS. The average Bonchev–Trinajstić information content (AvgIpc) is 3.01. The summed E-state index contributed by atoms with van der Waals surface area (Å²) in [5.74, 6) is 0.743. The quantitative estimate of drug-likeness (QED) is 0.619. The summed E-state index contributed by atoms with van der Waals surface area (Å²) in [6.45, 7) is 6.57. The zero-order chi connectivity index (χ0) is 19.4. The summed E-state index contributed by atoms with van der Waals surface area (Å²) in [6, 6.07) is 16.1. The Morgan fingerprint density at radius 3 is 2.74 bits per heavy atom. The normalized spacial score (nSPS) is 12.0. The fourth-order valence-corrected chi connectivity index (χ4v) is 3.43. The van der Waals surface area contributed by atoms with Crippen molar-refractivity contribution in [1.82, 2.24) is 20.1 Å². The van der Waals surface area contributed by atoms with Gasteiger partial charge >= 0.3 is 0 Å². The Morgan fingerprint density at radius 1 is 1.22 bits per heavy atom. The molecule has 6 heteroatoms. The second-order valence-electron chi connectivity index (χ2n) is 6.77. The van der Waals surface area contributed by atoms with Crippen molar-refractivity contribution in [3.63, 3.8) is 0 Å². The summed E-state index contributed by atoms with van der Waals surface area (Å²) in [4.78, 5) is 12.5. The van der Waals surface area contributed by atoms with E-state index in [1.54, 1.807) is 0 Å². The fraction of sp³-hybridized carbons (Fsp3) is 0.286. The molecule has 0 aliphatic rings. The number of aromatic amines is 1. The molecular weight excluding hydrogens is 356 g/mol. The van der Waals surface area contributed by atoms with Crippen molar-refractivity contribution in [2.75, 3.05) is 0 Å². The molecule has 2 N–H and O–H groups in total. The van der Waals surface area contributed by atoms with Crippen molar-refractivity contribution >= 4 is 18.1 Å². The number of carbonyl (C=O) groups excluding carboxylic acids is 1. The van der Waals surface area contributed by atoms with Crippen molar-refractivity contribution in [2.45, 2.75) is 39.8 Å². The van der Waals surface area contributed by atoms with Gasteiger partial charge in [-0.25, -0.2) is 0 Å². The van der Waals surface area contributed by atoms with E-state index in [1.165, 1.54) is 5.56 Å². The summed E-state index contributed by atoms with van der Waals surface area (Å²) >= 11 is 5.35. The molecule has 3 rings (SSSR count). The van der Waals surface area contributed by atoms with Crippen LogP contribution in [0.15, 0.2) is 48.5 Å². The van der Waals surface area contributed by atoms with Crippen LogP contribution in [-0.4, -0.2) is 20.7 Å². The number of aryl methyl sites for hydroxylation is 2. The Bertz CT molecular complexity index is 1010.